The molecule has 4 heteroatoms. The molecule has 23 heavy (non-hydrogen) atoms. The lowest BCUT2D eigenvalue weighted by atomic mass is 10.2. The number of ether oxygens (including phenoxy) is 2. The quantitative estimate of drug-likeness (QED) is 0.360. The van der Waals surface area contributed by atoms with E-state index in [1.54, 1.807) is 42.5 Å². The van der Waals surface area contributed by atoms with E-state index >= 15 is 0 Å². The highest BCUT2D eigenvalue weighted by atomic mass is 16.5. The molecular weight excluding hydrogens is 290 g/mol. The van der Waals surface area contributed by atoms with Gasteiger partial charge in [0.15, 0.2) is 0 Å². The number of nitrogens with two attached hydrogens (primary N) is 1. The summed E-state index contributed by atoms with van der Waals surface area (Å²) in [6.07, 6.45) is 3.64. The molecular formula is C19H21NO3. The lowest BCUT2D eigenvalue weighted by Gasteiger charge is -2.16. The molecule has 0 radical (unpaired) electrons. The zero-order valence-electron chi connectivity index (χ0n) is 13.2. The number of allylic oxidation sites excluding steroid dienone is 1. The molecule has 2 rings (SSSR count). The number of rotatable bonds is 7. The molecule has 0 aromatic heterocycles. The van der Waals surface area contributed by atoms with Gasteiger partial charge in [-0.2, -0.15) is 0 Å². The minimum absolute atomic E-state index is 0.0352. The Bertz CT molecular complexity index is 668. The Morgan fingerprint density at radius 2 is 2.00 bits per heavy atom. The predicted molar refractivity (Wildman–Crippen MR) is 91.8 cm³/mol. The number of nitrogen functional groups attached to an aromatic ring is 1. The molecule has 0 aliphatic rings. The van der Waals surface area contributed by atoms with Crippen LogP contribution in [0.2, 0.25) is 0 Å². The third-order valence-corrected chi connectivity index (χ3v) is 3.31. The average Bonchev–Trinajstić information content (AvgIpc) is 2.56. The number of benzene rings is 2. The van der Waals surface area contributed by atoms with E-state index in [1.807, 2.05) is 19.1 Å². The molecule has 0 aliphatic heterocycles. The van der Waals surface area contributed by atoms with E-state index < -0.39 is 5.97 Å². The van der Waals surface area contributed by atoms with E-state index in [-0.39, 0.29) is 6.10 Å². The van der Waals surface area contributed by atoms with E-state index in [9.17, 15) is 4.79 Å². The van der Waals surface area contributed by atoms with Crippen LogP contribution in [0.25, 0.3) is 0 Å². The van der Waals surface area contributed by atoms with Crippen LogP contribution < -0.4 is 15.2 Å². The maximum absolute atomic E-state index is 12.0. The summed E-state index contributed by atoms with van der Waals surface area (Å²) in [7, 11) is 0. The maximum atomic E-state index is 12.0. The van der Waals surface area contributed by atoms with Crippen LogP contribution in [0.4, 0.5) is 5.69 Å². The highest BCUT2D eigenvalue weighted by Gasteiger charge is 2.11. The fraction of sp³-hybridized carbons (Fsp3) is 0.211. The van der Waals surface area contributed by atoms with Crippen LogP contribution >= 0.6 is 0 Å². The Hall–Kier alpha value is -2.75. The molecule has 0 spiro atoms. The fourth-order valence-corrected chi connectivity index (χ4v) is 2.07. The largest absolute Gasteiger partial charge is 0.489 e. The van der Waals surface area contributed by atoms with Crippen molar-refractivity contribution in [3.63, 3.8) is 0 Å². The summed E-state index contributed by atoms with van der Waals surface area (Å²) in [5.41, 5.74) is 6.91. The standard InChI is InChI=1S/C19H21NO3/c1-3-4-8-14(2)22-18-12-11-16(13-17(18)20)23-19(21)15-9-6-5-7-10-15/h3,5-7,9-14H,1,4,8,20H2,2H3/t14-/m0/s1. The van der Waals surface area contributed by atoms with Gasteiger partial charge in [0.1, 0.15) is 11.5 Å². The number of hydrogen-bond donors (Lipinski definition) is 1. The zero-order valence-corrected chi connectivity index (χ0v) is 13.2. The van der Waals surface area contributed by atoms with Crippen molar-refractivity contribution in [1.29, 1.82) is 0 Å². The van der Waals surface area contributed by atoms with Gasteiger partial charge in [0.2, 0.25) is 0 Å². The summed E-state index contributed by atoms with van der Waals surface area (Å²) >= 11 is 0. The van der Waals surface area contributed by atoms with E-state index in [0.717, 1.165) is 12.8 Å². The van der Waals surface area contributed by atoms with Gasteiger partial charge in [-0.05, 0) is 44.0 Å². The molecule has 1 atom stereocenters. The molecule has 0 saturated heterocycles. The number of esters is 1. The van der Waals surface area contributed by atoms with Gasteiger partial charge < -0.3 is 15.2 Å². The second-order valence-corrected chi connectivity index (χ2v) is 5.25. The van der Waals surface area contributed by atoms with Crippen LogP contribution in [0.15, 0.2) is 61.2 Å². The molecule has 0 saturated carbocycles. The molecule has 120 valence electrons. The molecule has 2 aromatic carbocycles. The van der Waals surface area contributed by atoms with E-state index in [1.165, 1.54) is 0 Å². The van der Waals surface area contributed by atoms with Crippen molar-refractivity contribution in [2.24, 2.45) is 0 Å². The van der Waals surface area contributed by atoms with Crippen molar-refractivity contribution in [3.8, 4) is 11.5 Å². The second-order valence-electron chi connectivity index (χ2n) is 5.25. The summed E-state index contributed by atoms with van der Waals surface area (Å²) in [5, 5.41) is 0. The summed E-state index contributed by atoms with van der Waals surface area (Å²) in [6, 6.07) is 13.8. The van der Waals surface area contributed by atoms with Crippen LogP contribution in [0.3, 0.4) is 0 Å². The molecule has 0 heterocycles. The molecule has 0 fully saturated rings. The molecule has 0 unspecified atom stereocenters. The zero-order chi connectivity index (χ0) is 16.7. The lowest BCUT2D eigenvalue weighted by molar-refractivity contribution is 0.0734. The van der Waals surface area contributed by atoms with Gasteiger partial charge in [-0.25, -0.2) is 4.79 Å². The summed E-state index contributed by atoms with van der Waals surface area (Å²) in [4.78, 5) is 12.0. The first kappa shape index (κ1) is 16.6. The molecule has 4 nitrogen and oxygen atoms in total. The number of hydrogen-bond acceptors (Lipinski definition) is 4. The summed E-state index contributed by atoms with van der Waals surface area (Å²) in [5.74, 6) is 0.557. The normalized spacial score (nSPS) is 11.5. The van der Waals surface area contributed by atoms with Crippen LogP contribution in [0.5, 0.6) is 11.5 Å². The Balaban J connectivity index is 2.01. The maximum Gasteiger partial charge on any atom is 0.343 e. The summed E-state index contributed by atoms with van der Waals surface area (Å²) < 4.78 is 11.1. The first-order chi connectivity index (χ1) is 11.1. The lowest BCUT2D eigenvalue weighted by Crippen LogP contribution is -2.13. The molecule has 0 aliphatic carbocycles. The number of carbonyl (C=O) groups excluding carboxylic acids is 1. The van der Waals surface area contributed by atoms with E-state index in [0.29, 0.717) is 22.7 Å². The van der Waals surface area contributed by atoms with Gasteiger partial charge in [0.25, 0.3) is 0 Å². The van der Waals surface area contributed by atoms with Gasteiger partial charge in [0, 0.05) is 6.07 Å². The van der Waals surface area contributed by atoms with Gasteiger partial charge in [0.05, 0.1) is 17.4 Å². The molecule has 2 aromatic rings. The van der Waals surface area contributed by atoms with Gasteiger partial charge in [-0.3, -0.25) is 0 Å². The SMILES string of the molecule is C=CCC[C@H](C)Oc1ccc(OC(=O)c2ccccc2)cc1N. The predicted octanol–water partition coefficient (Wildman–Crippen LogP) is 4.22. The van der Waals surface area contributed by atoms with Crippen molar-refractivity contribution < 1.29 is 14.3 Å². The minimum Gasteiger partial charge on any atom is -0.489 e. The number of carbonyl (C=O) groups is 1. The first-order valence-electron chi connectivity index (χ1n) is 7.54. The van der Waals surface area contributed by atoms with Gasteiger partial charge in [-0.15, -0.1) is 6.58 Å². The second kappa shape index (κ2) is 8.03. The van der Waals surface area contributed by atoms with Crippen molar-refractivity contribution in [3.05, 3.63) is 66.7 Å². The average molecular weight is 311 g/mol. The minimum atomic E-state index is -0.419. The van der Waals surface area contributed by atoms with Gasteiger partial charge >= 0.3 is 5.97 Å². The van der Waals surface area contributed by atoms with Crippen molar-refractivity contribution in [1.82, 2.24) is 0 Å². The Labute approximate surface area is 136 Å². The highest BCUT2D eigenvalue weighted by molar-refractivity contribution is 5.91. The molecule has 0 bridgehead atoms. The molecule has 2 N–H and O–H groups in total. The van der Waals surface area contributed by atoms with Crippen LogP contribution in [0, 0.1) is 0 Å². The van der Waals surface area contributed by atoms with Crippen molar-refractivity contribution in [2.75, 3.05) is 5.73 Å². The Kier molecular flexibility index (Phi) is 5.80. The molecule has 0 amide bonds. The van der Waals surface area contributed by atoms with E-state index in [2.05, 4.69) is 6.58 Å². The topological polar surface area (TPSA) is 61.5 Å². The van der Waals surface area contributed by atoms with Gasteiger partial charge in [-0.1, -0.05) is 24.3 Å². The number of anilines is 1. The summed E-state index contributed by atoms with van der Waals surface area (Å²) in [6.45, 7) is 5.67. The van der Waals surface area contributed by atoms with E-state index in [4.69, 9.17) is 15.2 Å². The van der Waals surface area contributed by atoms with Crippen LogP contribution in [-0.2, 0) is 0 Å². The van der Waals surface area contributed by atoms with Crippen molar-refractivity contribution in [2.45, 2.75) is 25.9 Å². The Morgan fingerprint density at radius 3 is 2.65 bits per heavy atom. The van der Waals surface area contributed by atoms with Crippen molar-refractivity contribution >= 4 is 11.7 Å². The first-order valence-corrected chi connectivity index (χ1v) is 7.54. The third-order valence-electron chi connectivity index (χ3n) is 3.31. The highest BCUT2D eigenvalue weighted by Crippen LogP contribution is 2.28. The fourth-order valence-electron chi connectivity index (χ4n) is 2.07. The third kappa shape index (κ3) is 4.88. The monoisotopic (exact) mass is 311 g/mol. The smallest absolute Gasteiger partial charge is 0.343 e. The Morgan fingerprint density at radius 1 is 1.26 bits per heavy atom. The van der Waals surface area contributed by atoms with Crippen LogP contribution in [-0.4, -0.2) is 12.1 Å². The van der Waals surface area contributed by atoms with Crippen LogP contribution in [0.1, 0.15) is 30.1 Å².